The average molecular weight is 453 g/mol. The van der Waals surface area contributed by atoms with Crippen molar-refractivity contribution in [2.45, 2.75) is 44.2 Å². The highest BCUT2D eigenvalue weighted by atomic mass is 19.1. The molecule has 0 radical (unpaired) electrons. The quantitative estimate of drug-likeness (QED) is 0.700. The van der Waals surface area contributed by atoms with E-state index < -0.39 is 0 Å². The molecule has 1 aliphatic carbocycles. The lowest BCUT2D eigenvalue weighted by Gasteiger charge is -2.38. The zero-order chi connectivity index (χ0) is 22.8. The summed E-state index contributed by atoms with van der Waals surface area (Å²) in [6, 6.07) is 11.8. The minimum Gasteiger partial charge on any atom is -0.484 e. The zero-order valence-corrected chi connectivity index (χ0v) is 18.6. The number of nitrogens with one attached hydrogen (secondary N) is 1. The van der Waals surface area contributed by atoms with Crippen LogP contribution in [0.25, 0.3) is 0 Å². The Morgan fingerprint density at radius 1 is 1.15 bits per heavy atom. The first-order valence-electron chi connectivity index (χ1n) is 11.8. The molecule has 174 valence electrons. The van der Waals surface area contributed by atoms with Gasteiger partial charge in [0.05, 0.1) is 12.1 Å². The van der Waals surface area contributed by atoms with Crippen molar-refractivity contribution in [1.82, 2.24) is 10.2 Å². The van der Waals surface area contributed by atoms with Crippen molar-refractivity contribution in [3.05, 3.63) is 65.0 Å². The Morgan fingerprint density at radius 3 is 2.79 bits per heavy atom. The molecule has 2 aliphatic heterocycles. The molecule has 0 aromatic heterocycles. The van der Waals surface area contributed by atoms with Crippen LogP contribution in [-0.2, 0) is 20.7 Å². The molecular weight excluding hydrogens is 423 g/mol. The molecule has 33 heavy (non-hydrogen) atoms. The number of nitrogens with zero attached hydrogens (tertiary/aromatic N) is 1. The molecule has 2 amide bonds. The standard InChI is InChI=1S/C26H29FN2O4/c27-20-4-1-3-19(13-20)25-23-14-21(33-16-24(30)28-15-22-5-2-12-32-22)9-8-17(23)10-11-29(25)26(31)18-6-7-18/h1,3-4,8-9,13-14,18,22,25H,2,5-7,10-12,15-16H2,(H,28,30). The number of amides is 2. The third-order valence-corrected chi connectivity index (χ3v) is 6.64. The number of ether oxygens (including phenoxy) is 2. The summed E-state index contributed by atoms with van der Waals surface area (Å²) >= 11 is 0. The van der Waals surface area contributed by atoms with Crippen molar-refractivity contribution >= 4 is 11.8 Å². The van der Waals surface area contributed by atoms with Crippen LogP contribution in [0.2, 0.25) is 0 Å². The number of carbonyl (C=O) groups excluding carboxylic acids is 2. The summed E-state index contributed by atoms with van der Waals surface area (Å²) in [5.41, 5.74) is 2.79. The van der Waals surface area contributed by atoms with Gasteiger partial charge in [-0.2, -0.15) is 0 Å². The van der Waals surface area contributed by atoms with Crippen molar-refractivity contribution in [2.24, 2.45) is 5.92 Å². The summed E-state index contributed by atoms with van der Waals surface area (Å²) in [5.74, 6) is 0.247. The molecule has 0 spiro atoms. The zero-order valence-electron chi connectivity index (χ0n) is 18.6. The largest absolute Gasteiger partial charge is 0.484 e. The average Bonchev–Trinajstić information content (AvgIpc) is 3.55. The maximum absolute atomic E-state index is 14.1. The number of fused-ring (bicyclic) bond motifs is 1. The van der Waals surface area contributed by atoms with E-state index in [2.05, 4.69) is 5.32 Å². The molecule has 1 saturated heterocycles. The molecule has 2 aromatic carbocycles. The van der Waals surface area contributed by atoms with E-state index in [1.165, 1.54) is 12.1 Å². The van der Waals surface area contributed by atoms with Crippen LogP contribution in [0.3, 0.4) is 0 Å². The van der Waals surface area contributed by atoms with Gasteiger partial charge in [-0.05, 0) is 73.1 Å². The van der Waals surface area contributed by atoms with E-state index in [0.717, 1.165) is 55.4 Å². The summed E-state index contributed by atoms with van der Waals surface area (Å²) in [7, 11) is 0. The van der Waals surface area contributed by atoms with Gasteiger partial charge in [0.1, 0.15) is 11.6 Å². The highest BCUT2D eigenvalue weighted by molar-refractivity contribution is 5.82. The predicted molar refractivity (Wildman–Crippen MR) is 120 cm³/mol. The normalized spacial score (nSPS) is 22.0. The number of halogens is 1. The van der Waals surface area contributed by atoms with E-state index >= 15 is 0 Å². The van der Waals surface area contributed by atoms with Crippen LogP contribution in [0.1, 0.15) is 48.4 Å². The van der Waals surface area contributed by atoms with E-state index in [0.29, 0.717) is 18.8 Å². The van der Waals surface area contributed by atoms with Gasteiger partial charge in [-0.15, -0.1) is 0 Å². The third-order valence-electron chi connectivity index (χ3n) is 6.64. The summed E-state index contributed by atoms with van der Waals surface area (Å²) < 4.78 is 25.4. The molecule has 2 heterocycles. The molecule has 1 saturated carbocycles. The minimum atomic E-state index is -0.366. The van der Waals surface area contributed by atoms with E-state index in [1.807, 2.05) is 29.2 Å². The molecule has 2 unspecified atom stereocenters. The van der Waals surface area contributed by atoms with E-state index in [9.17, 15) is 14.0 Å². The maximum atomic E-state index is 14.1. The monoisotopic (exact) mass is 452 g/mol. The van der Waals surface area contributed by atoms with Gasteiger partial charge >= 0.3 is 0 Å². The summed E-state index contributed by atoms with van der Waals surface area (Å²) in [4.78, 5) is 27.2. The molecular formula is C26H29FN2O4. The van der Waals surface area contributed by atoms with Gasteiger partial charge in [-0.25, -0.2) is 4.39 Å². The Kier molecular flexibility index (Phi) is 6.31. The second kappa shape index (κ2) is 9.51. The van der Waals surface area contributed by atoms with E-state index in [1.54, 1.807) is 6.07 Å². The van der Waals surface area contributed by atoms with Crippen molar-refractivity contribution in [1.29, 1.82) is 0 Å². The topological polar surface area (TPSA) is 67.9 Å². The SMILES string of the molecule is O=C(COc1ccc2c(c1)C(c1cccc(F)c1)N(C(=O)C1CC1)CC2)NCC1CCCO1. The van der Waals surface area contributed by atoms with Crippen LogP contribution < -0.4 is 10.1 Å². The molecule has 2 aromatic rings. The second-order valence-electron chi connectivity index (χ2n) is 9.10. The Morgan fingerprint density at radius 2 is 2.03 bits per heavy atom. The number of rotatable bonds is 7. The summed E-state index contributed by atoms with van der Waals surface area (Å²) in [5, 5.41) is 2.86. The summed E-state index contributed by atoms with van der Waals surface area (Å²) in [6.07, 6.45) is 4.65. The summed E-state index contributed by atoms with van der Waals surface area (Å²) in [6.45, 7) is 1.75. The van der Waals surface area contributed by atoms with Gasteiger partial charge < -0.3 is 19.7 Å². The molecule has 3 aliphatic rings. The fraction of sp³-hybridized carbons (Fsp3) is 0.462. The van der Waals surface area contributed by atoms with Crippen LogP contribution >= 0.6 is 0 Å². The van der Waals surface area contributed by atoms with Gasteiger partial charge in [-0.3, -0.25) is 9.59 Å². The Bertz CT molecular complexity index is 1030. The molecule has 0 bridgehead atoms. The number of carbonyl (C=O) groups is 2. The van der Waals surface area contributed by atoms with Gasteiger partial charge in [0.25, 0.3) is 5.91 Å². The second-order valence-corrected chi connectivity index (χ2v) is 9.10. The van der Waals surface area contributed by atoms with Crippen LogP contribution in [0.4, 0.5) is 4.39 Å². The molecule has 2 fully saturated rings. The minimum absolute atomic E-state index is 0.0783. The molecule has 2 atom stereocenters. The molecule has 5 rings (SSSR count). The highest BCUT2D eigenvalue weighted by Crippen LogP contribution is 2.41. The fourth-order valence-corrected chi connectivity index (χ4v) is 4.75. The van der Waals surface area contributed by atoms with Crippen LogP contribution in [-0.4, -0.2) is 49.1 Å². The predicted octanol–water partition coefficient (Wildman–Crippen LogP) is 3.38. The van der Waals surface area contributed by atoms with Crippen molar-refractivity contribution in [2.75, 3.05) is 26.3 Å². The van der Waals surface area contributed by atoms with Gasteiger partial charge in [0.2, 0.25) is 5.91 Å². The first-order chi connectivity index (χ1) is 16.1. The smallest absolute Gasteiger partial charge is 0.258 e. The Hall–Kier alpha value is -2.93. The Labute approximate surface area is 193 Å². The van der Waals surface area contributed by atoms with Crippen molar-refractivity contribution in [3.8, 4) is 5.75 Å². The van der Waals surface area contributed by atoms with Crippen LogP contribution in [0.5, 0.6) is 5.75 Å². The number of hydrogen-bond donors (Lipinski definition) is 1. The number of hydrogen-bond acceptors (Lipinski definition) is 4. The highest BCUT2D eigenvalue weighted by Gasteiger charge is 2.39. The van der Waals surface area contributed by atoms with Crippen molar-refractivity contribution < 1.29 is 23.5 Å². The van der Waals surface area contributed by atoms with E-state index in [4.69, 9.17) is 9.47 Å². The fourth-order valence-electron chi connectivity index (χ4n) is 4.75. The van der Waals surface area contributed by atoms with Gasteiger partial charge in [0, 0.05) is 25.6 Å². The molecule has 1 N–H and O–H groups in total. The van der Waals surface area contributed by atoms with Crippen molar-refractivity contribution in [3.63, 3.8) is 0 Å². The van der Waals surface area contributed by atoms with E-state index in [-0.39, 0.29) is 42.3 Å². The molecule has 7 heteroatoms. The Balaban J connectivity index is 1.34. The number of benzene rings is 2. The van der Waals surface area contributed by atoms with Crippen LogP contribution in [0.15, 0.2) is 42.5 Å². The van der Waals surface area contributed by atoms with Gasteiger partial charge in [-0.1, -0.05) is 18.2 Å². The lowest BCUT2D eigenvalue weighted by molar-refractivity contribution is -0.134. The lowest BCUT2D eigenvalue weighted by atomic mass is 9.87. The third kappa shape index (κ3) is 5.03. The first kappa shape index (κ1) is 21.9. The van der Waals surface area contributed by atoms with Gasteiger partial charge in [0.15, 0.2) is 6.61 Å². The van der Waals surface area contributed by atoms with Crippen LogP contribution in [0, 0.1) is 11.7 Å². The lowest BCUT2D eigenvalue weighted by Crippen LogP contribution is -2.41. The first-order valence-corrected chi connectivity index (χ1v) is 11.8. The molecule has 6 nitrogen and oxygen atoms in total. The maximum Gasteiger partial charge on any atom is 0.258 e.